The number of nitrogens with two attached hydrogens (primary N) is 1. The van der Waals surface area contributed by atoms with Crippen LogP contribution in [0.2, 0.25) is 0 Å². The standard InChI is InChI=1S/C21H22F2N4OS/c1-12-4-3-5-17-19(12)25-11-14(8-9-24)21(17)27(13(2)28)26-20(29-21)16-10-15(22)6-7-18(16)23/h3-7,10,14,25H,8-9,11,24H2,1-2H3. The molecule has 0 radical (unpaired) electrons. The van der Waals surface area contributed by atoms with Crippen LogP contribution < -0.4 is 11.1 Å². The summed E-state index contributed by atoms with van der Waals surface area (Å²) in [5, 5.41) is 9.66. The molecule has 3 N–H and O–H groups in total. The molecule has 0 aromatic heterocycles. The van der Waals surface area contributed by atoms with Gasteiger partial charge in [0.1, 0.15) is 21.5 Å². The number of para-hydroxylation sites is 1. The number of halogens is 2. The van der Waals surface area contributed by atoms with Crippen molar-refractivity contribution in [3.63, 3.8) is 0 Å². The van der Waals surface area contributed by atoms with Crippen LogP contribution in [-0.2, 0) is 9.67 Å². The number of thioether (sulfide) groups is 1. The van der Waals surface area contributed by atoms with Gasteiger partial charge in [0, 0.05) is 36.2 Å². The van der Waals surface area contributed by atoms with Gasteiger partial charge in [-0.3, -0.25) is 4.79 Å². The third-order valence-electron chi connectivity index (χ3n) is 5.47. The topological polar surface area (TPSA) is 70.7 Å². The van der Waals surface area contributed by atoms with Gasteiger partial charge in [0.15, 0.2) is 0 Å². The number of hydrogen-bond donors (Lipinski definition) is 2. The van der Waals surface area contributed by atoms with Crippen molar-refractivity contribution in [1.82, 2.24) is 5.01 Å². The fraction of sp³-hybridized carbons (Fsp3) is 0.333. The molecule has 152 valence electrons. The van der Waals surface area contributed by atoms with Crippen LogP contribution in [0.1, 0.15) is 30.0 Å². The van der Waals surface area contributed by atoms with Crippen LogP contribution in [-0.4, -0.2) is 29.0 Å². The number of benzene rings is 2. The third-order valence-corrected chi connectivity index (χ3v) is 7.00. The Morgan fingerprint density at radius 1 is 1.38 bits per heavy atom. The number of rotatable bonds is 3. The highest BCUT2D eigenvalue weighted by Crippen LogP contribution is 2.57. The first-order chi connectivity index (χ1) is 13.9. The van der Waals surface area contributed by atoms with E-state index < -0.39 is 16.5 Å². The second kappa shape index (κ2) is 7.42. The molecule has 2 aliphatic rings. The lowest BCUT2D eigenvalue weighted by atomic mass is 9.83. The van der Waals surface area contributed by atoms with E-state index in [4.69, 9.17) is 5.73 Å². The van der Waals surface area contributed by atoms with Crippen LogP contribution in [0.5, 0.6) is 0 Å². The molecular weight excluding hydrogens is 394 g/mol. The highest BCUT2D eigenvalue weighted by molar-refractivity contribution is 8.15. The summed E-state index contributed by atoms with van der Waals surface area (Å²) in [6.07, 6.45) is 0.644. The average molecular weight is 416 g/mol. The number of nitrogens with one attached hydrogen (secondary N) is 1. The second-order valence-electron chi connectivity index (χ2n) is 7.31. The minimum atomic E-state index is -0.869. The lowest BCUT2D eigenvalue weighted by molar-refractivity contribution is -0.133. The van der Waals surface area contributed by atoms with Crippen molar-refractivity contribution < 1.29 is 13.6 Å². The van der Waals surface area contributed by atoms with Gasteiger partial charge >= 0.3 is 0 Å². The van der Waals surface area contributed by atoms with Crippen LogP contribution in [0.15, 0.2) is 41.5 Å². The minimum absolute atomic E-state index is 0.0531. The number of anilines is 1. The molecule has 0 saturated carbocycles. The van der Waals surface area contributed by atoms with E-state index in [0.717, 1.165) is 35.0 Å². The first-order valence-electron chi connectivity index (χ1n) is 9.46. The lowest BCUT2D eigenvalue weighted by Crippen LogP contribution is -2.51. The van der Waals surface area contributed by atoms with Crippen molar-refractivity contribution in [3.05, 3.63) is 64.7 Å². The maximum absolute atomic E-state index is 14.5. The molecule has 4 rings (SSSR count). The Hall–Kier alpha value is -2.45. The molecule has 2 unspecified atom stereocenters. The normalized spacial score (nSPS) is 23.0. The highest BCUT2D eigenvalue weighted by Gasteiger charge is 2.55. The molecule has 1 spiro atoms. The molecule has 2 aliphatic heterocycles. The predicted molar refractivity (Wildman–Crippen MR) is 112 cm³/mol. The molecule has 0 aliphatic carbocycles. The van der Waals surface area contributed by atoms with E-state index in [-0.39, 0.29) is 22.4 Å². The minimum Gasteiger partial charge on any atom is -0.384 e. The zero-order chi connectivity index (χ0) is 20.8. The highest BCUT2D eigenvalue weighted by atomic mass is 32.2. The van der Waals surface area contributed by atoms with Crippen molar-refractivity contribution in [2.24, 2.45) is 16.8 Å². The van der Waals surface area contributed by atoms with E-state index in [2.05, 4.69) is 10.4 Å². The molecule has 5 nitrogen and oxygen atoms in total. The number of fused-ring (bicyclic) bond motifs is 2. The van der Waals surface area contributed by atoms with E-state index in [9.17, 15) is 13.6 Å². The van der Waals surface area contributed by atoms with Gasteiger partial charge in [-0.15, -0.1) is 0 Å². The Kier molecular flexibility index (Phi) is 5.08. The molecule has 1 amide bonds. The summed E-state index contributed by atoms with van der Waals surface area (Å²) in [7, 11) is 0. The molecular formula is C21H22F2N4OS. The van der Waals surface area contributed by atoms with Crippen molar-refractivity contribution in [2.75, 3.05) is 18.4 Å². The maximum atomic E-state index is 14.5. The van der Waals surface area contributed by atoms with Gasteiger partial charge in [-0.2, -0.15) is 5.10 Å². The van der Waals surface area contributed by atoms with Crippen molar-refractivity contribution in [3.8, 4) is 0 Å². The van der Waals surface area contributed by atoms with Crippen molar-refractivity contribution >= 4 is 28.4 Å². The molecule has 2 aromatic rings. The average Bonchev–Trinajstić information content (AvgIpc) is 3.08. The first-order valence-corrected chi connectivity index (χ1v) is 10.3. The van der Waals surface area contributed by atoms with E-state index >= 15 is 0 Å². The molecule has 0 fully saturated rings. The molecule has 8 heteroatoms. The van der Waals surface area contributed by atoms with Crippen LogP contribution in [0.4, 0.5) is 14.5 Å². The lowest BCUT2D eigenvalue weighted by Gasteiger charge is -2.46. The maximum Gasteiger partial charge on any atom is 0.241 e. The second-order valence-corrected chi connectivity index (χ2v) is 8.52. The summed E-state index contributed by atoms with van der Waals surface area (Å²) in [5.74, 6) is -1.46. The Morgan fingerprint density at radius 3 is 2.90 bits per heavy atom. The number of amides is 1. The van der Waals surface area contributed by atoms with Crippen LogP contribution in [0.3, 0.4) is 0 Å². The quantitative estimate of drug-likeness (QED) is 0.799. The van der Waals surface area contributed by atoms with Crippen molar-refractivity contribution in [2.45, 2.75) is 25.1 Å². The Bertz CT molecular complexity index is 1010. The number of nitrogens with zero attached hydrogens (tertiary/aromatic N) is 2. The Morgan fingerprint density at radius 2 is 2.17 bits per heavy atom. The first kappa shape index (κ1) is 19.8. The zero-order valence-corrected chi connectivity index (χ0v) is 17.0. The summed E-state index contributed by atoms with van der Waals surface area (Å²) in [4.78, 5) is 11.8. The van der Waals surface area contributed by atoms with Crippen LogP contribution >= 0.6 is 11.8 Å². The SMILES string of the molecule is CC(=O)N1N=C(c2cc(F)ccc2F)SC12c1cccc(C)c1NCC2CCN. The van der Waals surface area contributed by atoms with Gasteiger partial charge in [0.25, 0.3) is 0 Å². The number of hydrazone groups is 1. The van der Waals surface area contributed by atoms with E-state index in [1.54, 1.807) is 0 Å². The fourth-order valence-electron chi connectivity index (χ4n) is 4.16. The summed E-state index contributed by atoms with van der Waals surface area (Å²) >= 11 is 1.30. The molecule has 0 bridgehead atoms. The summed E-state index contributed by atoms with van der Waals surface area (Å²) < 4.78 is 28.4. The van der Waals surface area contributed by atoms with Gasteiger partial charge in [0.05, 0.1) is 0 Å². The van der Waals surface area contributed by atoms with Gasteiger partial charge in [-0.1, -0.05) is 30.0 Å². The van der Waals surface area contributed by atoms with E-state index in [1.165, 1.54) is 23.7 Å². The number of aryl methyl sites for hydroxylation is 1. The number of carbonyl (C=O) groups is 1. The van der Waals surface area contributed by atoms with Gasteiger partial charge < -0.3 is 11.1 Å². The molecule has 2 atom stereocenters. The molecule has 0 saturated heterocycles. The monoisotopic (exact) mass is 416 g/mol. The van der Waals surface area contributed by atoms with Gasteiger partial charge in [-0.25, -0.2) is 13.8 Å². The van der Waals surface area contributed by atoms with Gasteiger partial charge in [-0.05, 0) is 43.7 Å². The Labute approximate surface area is 172 Å². The number of hydrogen-bond acceptors (Lipinski definition) is 5. The predicted octanol–water partition coefficient (Wildman–Crippen LogP) is 3.77. The molecule has 2 heterocycles. The van der Waals surface area contributed by atoms with Gasteiger partial charge in [0.2, 0.25) is 5.91 Å². The van der Waals surface area contributed by atoms with Crippen LogP contribution in [0, 0.1) is 24.5 Å². The Balaban J connectivity index is 1.92. The number of carbonyl (C=O) groups excluding carboxylic acids is 1. The molecule has 2 aromatic carbocycles. The smallest absolute Gasteiger partial charge is 0.241 e. The largest absolute Gasteiger partial charge is 0.384 e. The third kappa shape index (κ3) is 3.11. The summed E-state index contributed by atoms with van der Waals surface area (Å²) in [6.45, 7) is 4.47. The van der Waals surface area contributed by atoms with E-state index in [1.807, 2.05) is 25.1 Å². The summed E-state index contributed by atoms with van der Waals surface area (Å²) in [6, 6.07) is 9.15. The van der Waals surface area contributed by atoms with Crippen molar-refractivity contribution in [1.29, 1.82) is 0 Å². The zero-order valence-electron chi connectivity index (χ0n) is 16.2. The van der Waals surface area contributed by atoms with E-state index in [0.29, 0.717) is 19.5 Å². The fourth-order valence-corrected chi connectivity index (χ4v) is 5.75. The summed E-state index contributed by atoms with van der Waals surface area (Å²) in [5.41, 5.74) is 8.82. The van der Waals surface area contributed by atoms with Crippen LogP contribution in [0.25, 0.3) is 0 Å². The molecule has 29 heavy (non-hydrogen) atoms.